The van der Waals surface area contributed by atoms with Crippen LogP contribution in [0.2, 0.25) is 0 Å². The molecule has 43 heavy (non-hydrogen) atoms. The van der Waals surface area contributed by atoms with Crippen LogP contribution in [-0.4, -0.2) is 0 Å². The van der Waals surface area contributed by atoms with E-state index in [9.17, 15) is 0 Å². The second kappa shape index (κ2) is 13.3. The Hall–Kier alpha value is -5.08. The lowest BCUT2D eigenvalue weighted by Gasteiger charge is -2.26. The van der Waals surface area contributed by atoms with E-state index in [2.05, 4.69) is 181 Å². The van der Waals surface area contributed by atoms with E-state index in [0.717, 1.165) is 34.9 Å². The average molecular weight is 559 g/mol. The third kappa shape index (κ3) is 6.55. The molecular weight excluding hydrogens is 520 g/mol. The molecule has 6 aromatic carbocycles. The van der Waals surface area contributed by atoms with Crippen molar-refractivity contribution in [1.29, 1.82) is 0 Å². The van der Waals surface area contributed by atoms with Crippen molar-refractivity contribution >= 4 is 34.1 Å². The fourth-order valence-electron chi connectivity index (χ4n) is 5.54. The highest BCUT2D eigenvalue weighted by molar-refractivity contribution is 5.80. The Bertz CT molecular complexity index is 1710. The topological polar surface area (TPSA) is 6.48 Å². The first-order chi connectivity index (χ1) is 21.2. The lowest BCUT2D eigenvalue weighted by molar-refractivity contribution is 0.795. The molecule has 0 fully saturated rings. The van der Waals surface area contributed by atoms with Crippen molar-refractivity contribution in [2.45, 2.75) is 33.1 Å². The number of benzene rings is 6. The van der Waals surface area contributed by atoms with Crippen LogP contribution in [0.25, 0.3) is 11.1 Å². The first kappa shape index (κ1) is 28.1. The van der Waals surface area contributed by atoms with Crippen LogP contribution in [-0.2, 0) is 6.42 Å². The highest BCUT2D eigenvalue weighted by atomic mass is 15.1. The van der Waals surface area contributed by atoms with Crippen molar-refractivity contribution in [3.63, 3.8) is 0 Å². The summed E-state index contributed by atoms with van der Waals surface area (Å²) in [5.41, 5.74) is 11.9. The summed E-state index contributed by atoms with van der Waals surface area (Å²) in [6.07, 6.45) is 3.56. The van der Waals surface area contributed by atoms with E-state index in [-0.39, 0.29) is 0 Å². The van der Waals surface area contributed by atoms with E-state index in [4.69, 9.17) is 0 Å². The number of anilines is 6. The molecule has 0 saturated carbocycles. The molecule has 0 N–H and O–H groups in total. The minimum Gasteiger partial charge on any atom is -0.311 e. The molecule has 6 aromatic rings. The maximum Gasteiger partial charge on any atom is 0.0462 e. The van der Waals surface area contributed by atoms with Gasteiger partial charge in [0.2, 0.25) is 0 Å². The van der Waals surface area contributed by atoms with Gasteiger partial charge in [0.15, 0.2) is 0 Å². The summed E-state index contributed by atoms with van der Waals surface area (Å²) in [5.74, 6) is 0. The summed E-state index contributed by atoms with van der Waals surface area (Å²) in [6, 6.07) is 56.7. The van der Waals surface area contributed by atoms with E-state index in [0.29, 0.717) is 0 Å². The zero-order valence-electron chi connectivity index (χ0n) is 25.0. The lowest BCUT2D eigenvalue weighted by atomic mass is 10.0. The summed E-state index contributed by atoms with van der Waals surface area (Å²) in [6.45, 7) is 4.37. The number of hydrogen-bond acceptors (Lipinski definition) is 2. The summed E-state index contributed by atoms with van der Waals surface area (Å²) in [7, 11) is 0. The number of aryl methyl sites for hydroxylation is 2. The van der Waals surface area contributed by atoms with Crippen LogP contribution >= 0.6 is 0 Å². The number of hydrogen-bond donors (Lipinski definition) is 0. The Morgan fingerprint density at radius 1 is 0.395 bits per heavy atom. The zero-order valence-corrected chi connectivity index (χ0v) is 25.0. The minimum atomic E-state index is 1.13. The van der Waals surface area contributed by atoms with Crippen LogP contribution in [0.4, 0.5) is 34.1 Å². The van der Waals surface area contributed by atoms with E-state index in [1.54, 1.807) is 0 Å². The Morgan fingerprint density at radius 3 is 1.14 bits per heavy atom. The van der Waals surface area contributed by atoms with Gasteiger partial charge in [0.25, 0.3) is 0 Å². The molecule has 0 radical (unpaired) electrons. The molecule has 2 nitrogen and oxygen atoms in total. The first-order valence-corrected chi connectivity index (χ1v) is 15.3. The smallest absolute Gasteiger partial charge is 0.0462 e. The van der Waals surface area contributed by atoms with Crippen LogP contribution in [0.15, 0.2) is 158 Å². The van der Waals surface area contributed by atoms with Crippen molar-refractivity contribution in [1.82, 2.24) is 0 Å². The average Bonchev–Trinajstić information content (AvgIpc) is 3.07. The molecule has 0 saturated heterocycles. The molecule has 0 aliphatic rings. The van der Waals surface area contributed by atoms with Gasteiger partial charge in [-0.15, -0.1) is 0 Å². The molecule has 0 aliphatic heterocycles. The molecule has 212 valence electrons. The van der Waals surface area contributed by atoms with Gasteiger partial charge in [-0.05, 0) is 109 Å². The second-order valence-electron chi connectivity index (χ2n) is 11.0. The summed E-state index contributed by atoms with van der Waals surface area (Å²) < 4.78 is 0. The molecule has 2 heteroatoms. The number of nitrogens with zero attached hydrogens (tertiary/aromatic N) is 2. The lowest BCUT2D eigenvalue weighted by Crippen LogP contribution is -2.10. The number of rotatable bonds is 10. The Morgan fingerprint density at radius 2 is 0.744 bits per heavy atom. The third-order valence-electron chi connectivity index (χ3n) is 7.92. The molecule has 0 aromatic heterocycles. The molecule has 0 aliphatic carbocycles. The standard InChI is InChI=1S/C41H38N2/c1-3-4-11-33-18-26-39(27-19-33)43(37-14-9-6-10-15-37)41-30-22-35(23-31-41)34-20-28-40(29-21-34)42(36-12-7-5-8-13-36)38-24-16-32(2)17-25-38/h5-10,12-31H,3-4,11H2,1-2H3. The van der Waals surface area contributed by atoms with E-state index in [1.165, 1.54) is 40.8 Å². The summed E-state index contributed by atoms with van der Waals surface area (Å²) >= 11 is 0. The van der Waals surface area contributed by atoms with Crippen LogP contribution in [0.1, 0.15) is 30.9 Å². The van der Waals surface area contributed by atoms with Crippen molar-refractivity contribution in [3.8, 4) is 11.1 Å². The normalized spacial score (nSPS) is 10.8. The highest BCUT2D eigenvalue weighted by Crippen LogP contribution is 2.38. The van der Waals surface area contributed by atoms with Crippen LogP contribution < -0.4 is 9.80 Å². The monoisotopic (exact) mass is 558 g/mol. The van der Waals surface area contributed by atoms with Gasteiger partial charge >= 0.3 is 0 Å². The number of para-hydroxylation sites is 2. The van der Waals surface area contributed by atoms with Gasteiger partial charge in [0, 0.05) is 34.1 Å². The highest BCUT2D eigenvalue weighted by Gasteiger charge is 2.14. The van der Waals surface area contributed by atoms with Gasteiger partial charge in [-0.2, -0.15) is 0 Å². The molecule has 0 unspecified atom stereocenters. The van der Waals surface area contributed by atoms with Gasteiger partial charge in [-0.25, -0.2) is 0 Å². The van der Waals surface area contributed by atoms with Crippen LogP contribution in [0, 0.1) is 6.92 Å². The van der Waals surface area contributed by atoms with Gasteiger partial charge in [-0.3, -0.25) is 0 Å². The predicted octanol–water partition coefficient (Wildman–Crippen LogP) is 11.9. The van der Waals surface area contributed by atoms with E-state index in [1.807, 2.05) is 0 Å². The molecular formula is C41H38N2. The van der Waals surface area contributed by atoms with Crippen LogP contribution in [0.3, 0.4) is 0 Å². The SMILES string of the molecule is CCCCc1ccc(N(c2ccccc2)c2ccc(-c3ccc(N(c4ccccc4)c4ccc(C)cc4)cc3)cc2)cc1. The largest absolute Gasteiger partial charge is 0.311 e. The Kier molecular flexibility index (Phi) is 8.66. The van der Waals surface area contributed by atoms with Crippen molar-refractivity contribution in [2.24, 2.45) is 0 Å². The maximum atomic E-state index is 2.33. The summed E-state index contributed by atoms with van der Waals surface area (Å²) in [5, 5.41) is 0. The molecule has 0 amide bonds. The molecule has 6 rings (SSSR count). The van der Waals surface area contributed by atoms with Gasteiger partial charge < -0.3 is 9.80 Å². The van der Waals surface area contributed by atoms with Crippen molar-refractivity contribution < 1.29 is 0 Å². The van der Waals surface area contributed by atoms with Crippen molar-refractivity contribution in [3.05, 3.63) is 169 Å². The Balaban J connectivity index is 1.28. The maximum absolute atomic E-state index is 2.33. The van der Waals surface area contributed by atoms with Gasteiger partial charge in [-0.1, -0.05) is 104 Å². The minimum absolute atomic E-state index is 1.13. The quantitative estimate of drug-likeness (QED) is 0.165. The second-order valence-corrected chi connectivity index (χ2v) is 11.0. The zero-order chi connectivity index (χ0) is 29.4. The van der Waals surface area contributed by atoms with Gasteiger partial charge in [0.05, 0.1) is 0 Å². The third-order valence-corrected chi connectivity index (χ3v) is 7.92. The molecule has 0 heterocycles. The predicted molar refractivity (Wildman–Crippen MR) is 185 cm³/mol. The van der Waals surface area contributed by atoms with Gasteiger partial charge in [0.1, 0.15) is 0 Å². The first-order valence-electron chi connectivity index (χ1n) is 15.3. The summed E-state index contributed by atoms with van der Waals surface area (Å²) in [4.78, 5) is 4.63. The fourth-order valence-corrected chi connectivity index (χ4v) is 5.54. The van der Waals surface area contributed by atoms with Crippen LogP contribution in [0.5, 0.6) is 0 Å². The Labute approximate surface area is 256 Å². The molecule has 0 atom stereocenters. The molecule has 0 spiro atoms. The van der Waals surface area contributed by atoms with Crippen molar-refractivity contribution in [2.75, 3.05) is 9.80 Å². The fraction of sp³-hybridized carbons (Fsp3) is 0.122. The number of unbranched alkanes of at least 4 members (excludes halogenated alkanes) is 1. The van der Waals surface area contributed by atoms with E-state index < -0.39 is 0 Å². The van der Waals surface area contributed by atoms with E-state index >= 15 is 0 Å². The molecule has 0 bridgehead atoms.